The van der Waals surface area contributed by atoms with Crippen LogP contribution in [0.5, 0.6) is 0 Å². The third kappa shape index (κ3) is 3.22. The number of carbonyl (C=O) groups is 1. The summed E-state index contributed by atoms with van der Waals surface area (Å²) in [5.41, 5.74) is 3.59. The summed E-state index contributed by atoms with van der Waals surface area (Å²) < 4.78 is 3.68. The van der Waals surface area contributed by atoms with Gasteiger partial charge < -0.3 is 9.88 Å². The van der Waals surface area contributed by atoms with Crippen LogP contribution in [-0.4, -0.2) is 25.2 Å². The smallest absolute Gasteiger partial charge is 0.251 e. The lowest BCUT2D eigenvalue weighted by molar-refractivity contribution is 0.0935. The number of hydrogen-bond acceptors (Lipinski definition) is 3. The minimum atomic E-state index is -0.0882. The fraction of sp³-hybridized carbons (Fsp3) is 0.278. The standard InChI is InChI=1S/C18H21N5O/c1-4-16(15-9-20-23(3)11-15)21-18(24)14-7-5-6-13(8-14)17-10-19-12-22(17)2/h5-12,16H,4H2,1-3H3,(H,21,24). The number of rotatable bonds is 5. The van der Waals surface area contributed by atoms with Gasteiger partial charge in [0.05, 0.1) is 30.5 Å². The van der Waals surface area contributed by atoms with Crippen LogP contribution in [0.1, 0.15) is 35.3 Å². The first-order valence-corrected chi connectivity index (χ1v) is 7.94. The van der Waals surface area contributed by atoms with Crippen LogP contribution in [0.3, 0.4) is 0 Å². The first-order valence-electron chi connectivity index (χ1n) is 7.94. The normalized spacial score (nSPS) is 12.1. The molecule has 2 heterocycles. The molecule has 24 heavy (non-hydrogen) atoms. The molecule has 1 amide bonds. The van der Waals surface area contributed by atoms with Crippen molar-refractivity contribution in [3.05, 3.63) is 60.3 Å². The summed E-state index contributed by atoms with van der Waals surface area (Å²) in [5.74, 6) is -0.0882. The average Bonchev–Trinajstić information content (AvgIpc) is 3.21. The number of hydrogen-bond donors (Lipinski definition) is 1. The summed E-state index contributed by atoms with van der Waals surface area (Å²) in [6, 6.07) is 7.54. The second-order valence-electron chi connectivity index (χ2n) is 5.85. The molecule has 1 N–H and O–H groups in total. The summed E-state index contributed by atoms with van der Waals surface area (Å²) in [7, 11) is 3.81. The minimum Gasteiger partial charge on any atom is -0.345 e. The number of aryl methyl sites for hydroxylation is 2. The van der Waals surface area contributed by atoms with Crippen LogP contribution in [-0.2, 0) is 14.1 Å². The molecule has 0 saturated carbocycles. The number of carbonyl (C=O) groups excluding carboxylic acids is 1. The van der Waals surface area contributed by atoms with Crippen LogP contribution in [0.15, 0.2) is 49.2 Å². The molecule has 0 aliphatic carbocycles. The van der Waals surface area contributed by atoms with Crippen LogP contribution in [0.4, 0.5) is 0 Å². The van der Waals surface area contributed by atoms with Crippen molar-refractivity contribution in [1.82, 2.24) is 24.6 Å². The average molecular weight is 323 g/mol. The van der Waals surface area contributed by atoms with Crippen molar-refractivity contribution in [2.24, 2.45) is 14.1 Å². The van der Waals surface area contributed by atoms with E-state index in [1.165, 1.54) is 0 Å². The van der Waals surface area contributed by atoms with Gasteiger partial charge in [0.2, 0.25) is 0 Å². The summed E-state index contributed by atoms with van der Waals surface area (Å²) in [6.07, 6.45) is 8.07. The maximum absolute atomic E-state index is 12.6. The molecular formula is C18H21N5O. The molecule has 6 heteroatoms. The molecule has 3 aromatic rings. The van der Waals surface area contributed by atoms with Crippen LogP contribution >= 0.6 is 0 Å². The Kier molecular flexibility index (Phi) is 4.46. The highest BCUT2D eigenvalue weighted by Crippen LogP contribution is 2.21. The highest BCUT2D eigenvalue weighted by molar-refractivity contribution is 5.95. The Morgan fingerprint density at radius 3 is 2.75 bits per heavy atom. The number of nitrogens with one attached hydrogen (secondary N) is 1. The van der Waals surface area contributed by atoms with E-state index in [-0.39, 0.29) is 11.9 Å². The molecule has 0 aliphatic heterocycles. The van der Waals surface area contributed by atoms with E-state index in [1.54, 1.807) is 23.4 Å². The Labute approximate surface area is 141 Å². The SMILES string of the molecule is CCC(NC(=O)c1cccc(-c2cncn2C)c1)c1cnn(C)c1. The summed E-state index contributed by atoms with van der Waals surface area (Å²) in [5, 5.41) is 7.26. The molecule has 0 spiro atoms. The number of aromatic nitrogens is 4. The first-order chi connectivity index (χ1) is 11.6. The molecule has 0 bridgehead atoms. The van der Waals surface area contributed by atoms with Crippen molar-refractivity contribution < 1.29 is 4.79 Å². The quantitative estimate of drug-likeness (QED) is 0.785. The minimum absolute atomic E-state index is 0.0495. The number of nitrogens with zero attached hydrogens (tertiary/aromatic N) is 4. The van der Waals surface area contributed by atoms with Gasteiger partial charge in [-0.25, -0.2) is 4.98 Å². The van der Waals surface area contributed by atoms with E-state index < -0.39 is 0 Å². The Morgan fingerprint density at radius 2 is 2.12 bits per heavy atom. The summed E-state index contributed by atoms with van der Waals surface area (Å²) in [6.45, 7) is 2.05. The van der Waals surface area contributed by atoms with Crippen LogP contribution in [0, 0.1) is 0 Å². The van der Waals surface area contributed by atoms with Gasteiger partial charge in [-0.3, -0.25) is 9.48 Å². The van der Waals surface area contributed by atoms with E-state index in [0.29, 0.717) is 5.56 Å². The number of imidazole rings is 1. The molecule has 2 aromatic heterocycles. The summed E-state index contributed by atoms with van der Waals surface area (Å²) in [4.78, 5) is 16.8. The Bertz CT molecular complexity index is 848. The van der Waals surface area contributed by atoms with Crippen molar-refractivity contribution in [2.75, 3.05) is 0 Å². The molecule has 124 valence electrons. The highest BCUT2D eigenvalue weighted by atomic mass is 16.1. The maximum Gasteiger partial charge on any atom is 0.251 e. The third-order valence-corrected chi connectivity index (χ3v) is 4.08. The van der Waals surface area contributed by atoms with Crippen molar-refractivity contribution in [2.45, 2.75) is 19.4 Å². The Balaban J connectivity index is 1.81. The zero-order valence-electron chi connectivity index (χ0n) is 14.1. The van der Waals surface area contributed by atoms with Gasteiger partial charge in [-0.2, -0.15) is 5.10 Å². The fourth-order valence-corrected chi connectivity index (χ4v) is 2.74. The number of amides is 1. The van der Waals surface area contributed by atoms with Gasteiger partial charge in [0.15, 0.2) is 0 Å². The van der Waals surface area contributed by atoms with Crippen molar-refractivity contribution in [1.29, 1.82) is 0 Å². The van der Waals surface area contributed by atoms with Gasteiger partial charge >= 0.3 is 0 Å². The lowest BCUT2D eigenvalue weighted by Gasteiger charge is -2.16. The van der Waals surface area contributed by atoms with Gasteiger partial charge in [0.25, 0.3) is 5.91 Å². The lowest BCUT2D eigenvalue weighted by Crippen LogP contribution is -2.28. The molecule has 0 saturated heterocycles. The van der Waals surface area contributed by atoms with Gasteiger partial charge in [-0.15, -0.1) is 0 Å². The van der Waals surface area contributed by atoms with Crippen molar-refractivity contribution in [3.8, 4) is 11.3 Å². The molecule has 0 fully saturated rings. The third-order valence-electron chi connectivity index (χ3n) is 4.08. The lowest BCUT2D eigenvalue weighted by atomic mass is 10.1. The van der Waals surface area contributed by atoms with Gasteiger partial charge in [-0.1, -0.05) is 19.1 Å². The Morgan fingerprint density at radius 1 is 1.29 bits per heavy atom. The molecule has 1 aromatic carbocycles. The van der Waals surface area contributed by atoms with Crippen LogP contribution < -0.4 is 5.32 Å². The maximum atomic E-state index is 12.6. The molecule has 0 aliphatic rings. The van der Waals surface area contributed by atoms with E-state index in [0.717, 1.165) is 23.2 Å². The van der Waals surface area contributed by atoms with Crippen molar-refractivity contribution >= 4 is 5.91 Å². The second-order valence-corrected chi connectivity index (χ2v) is 5.85. The highest BCUT2D eigenvalue weighted by Gasteiger charge is 2.16. The predicted octanol–water partition coefficient (Wildman–Crippen LogP) is 2.70. The molecule has 1 unspecified atom stereocenters. The monoisotopic (exact) mass is 323 g/mol. The second kappa shape index (κ2) is 6.70. The zero-order valence-corrected chi connectivity index (χ0v) is 14.1. The van der Waals surface area contributed by atoms with Crippen LogP contribution in [0.25, 0.3) is 11.3 Å². The predicted molar refractivity (Wildman–Crippen MR) is 92.4 cm³/mol. The molecular weight excluding hydrogens is 302 g/mol. The van der Waals surface area contributed by atoms with Gasteiger partial charge in [-0.05, 0) is 18.6 Å². The van der Waals surface area contributed by atoms with E-state index in [1.807, 2.05) is 56.0 Å². The van der Waals surface area contributed by atoms with Crippen LogP contribution in [0.2, 0.25) is 0 Å². The first kappa shape index (κ1) is 16.0. The Hall–Kier alpha value is -2.89. The van der Waals surface area contributed by atoms with Crippen molar-refractivity contribution in [3.63, 3.8) is 0 Å². The van der Waals surface area contributed by atoms with Gasteiger partial charge in [0.1, 0.15) is 0 Å². The molecule has 6 nitrogen and oxygen atoms in total. The molecule has 1 atom stereocenters. The molecule has 0 radical (unpaired) electrons. The van der Waals surface area contributed by atoms with E-state index in [9.17, 15) is 4.79 Å². The van der Waals surface area contributed by atoms with E-state index in [4.69, 9.17) is 0 Å². The fourth-order valence-electron chi connectivity index (χ4n) is 2.74. The zero-order chi connectivity index (χ0) is 17.1. The van der Waals surface area contributed by atoms with E-state index >= 15 is 0 Å². The molecule has 3 rings (SSSR count). The summed E-state index contributed by atoms with van der Waals surface area (Å²) >= 11 is 0. The number of benzene rings is 1. The van der Waals surface area contributed by atoms with Gasteiger partial charge in [0, 0.05) is 37.0 Å². The largest absolute Gasteiger partial charge is 0.345 e. The topological polar surface area (TPSA) is 64.7 Å². The van der Waals surface area contributed by atoms with E-state index in [2.05, 4.69) is 15.4 Å².